The first-order valence-corrected chi connectivity index (χ1v) is 13.4. The zero-order valence-electron chi connectivity index (χ0n) is 20.1. The van der Waals surface area contributed by atoms with E-state index in [1.54, 1.807) is 0 Å². The smallest absolute Gasteiger partial charge is 0.340 e. The van der Waals surface area contributed by atoms with Gasteiger partial charge in [-0.2, -0.15) is 0 Å². The lowest BCUT2D eigenvalue weighted by Crippen LogP contribution is -2.47. The molecule has 176 valence electrons. The third-order valence-electron chi connectivity index (χ3n) is 8.51. The van der Waals surface area contributed by atoms with Gasteiger partial charge in [-0.25, -0.2) is 4.79 Å². The maximum absolute atomic E-state index is 12.9. The van der Waals surface area contributed by atoms with Gasteiger partial charge in [0, 0.05) is 11.7 Å². The first kappa shape index (κ1) is 22.6. The van der Waals surface area contributed by atoms with Crippen molar-refractivity contribution in [3.8, 4) is 0 Å². The zero-order valence-corrected chi connectivity index (χ0v) is 20.9. The lowest BCUT2D eigenvalue weighted by atomic mass is 9.48. The highest BCUT2D eigenvalue weighted by Crippen LogP contribution is 2.61. The van der Waals surface area contributed by atoms with Gasteiger partial charge in [-0.3, -0.25) is 0 Å². The molecule has 5 fully saturated rings. The van der Waals surface area contributed by atoms with E-state index in [0.717, 1.165) is 29.9 Å². The van der Waals surface area contributed by atoms with Gasteiger partial charge >= 0.3 is 5.97 Å². The van der Waals surface area contributed by atoms with Crippen molar-refractivity contribution in [1.29, 1.82) is 0 Å². The average Bonchev–Trinajstić information content (AvgIpc) is 2.68. The highest BCUT2D eigenvalue weighted by Gasteiger charge is 2.50. The number of ether oxygens (including phenoxy) is 1. The summed E-state index contributed by atoms with van der Waals surface area (Å²) in [5, 5.41) is 4.39. The molecule has 5 saturated carbocycles. The Hall–Kier alpha value is -1.22. The average molecular weight is 458 g/mol. The predicted molar refractivity (Wildman–Crippen MR) is 131 cm³/mol. The third kappa shape index (κ3) is 4.83. The van der Waals surface area contributed by atoms with Crippen LogP contribution in [0, 0.1) is 23.2 Å². The van der Waals surface area contributed by atoms with Crippen LogP contribution in [-0.2, 0) is 11.2 Å². The molecule has 4 bridgehead atoms. The molecule has 0 aromatic heterocycles. The summed E-state index contributed by atoms with van der Waals surface area (Å²) in [6, 6.07) is 4.58. The Labute approximate surface area is 199 Å². The van der Waals surface area contributed by atoms with E-state index < -0.39 is 5.60 Å². The van der Waals surface area contributed by atoms with Gasteiger partial charge in [0.05, 0.1) is 10.6 Å². The summed E-state index contributed by atoms with van der Waals surface area (Å²) < 4.78 is 5.67. The number of benzene rings is 1. The van der Waals surface area contributed by atoms with Crippen molar-refractivity contribution in [3.63, 3.8) is 0 Å². The van der Waals surface area contributed by atoms with E-state index in [2.05, 4.69) is 11.4 Å². The van der Waals surface area contributed by atoms with Gasteiger partial charge in [0.15, 0.2) is 0 Å². The standard InChI is InChI=1S/C28H40ClNO2/c1-27(2,3)32-26(31)23-13-25(30-22-7-5-4-6-8-22)21(12-24(23)29)17-28-14-18-9-19(15-28)11-20(10-18)16-28/h12-13,18-20,22,30H,4-11,14-17H2,1-3H3. The highest BCUT2D eigenvalue weighted by atomic mass is 35.5. The van der Waals surface area contributed by atoms with Crippen LogP contribution in [0.15, 0.2) is 12.1 Å². The molecule has 4 heteroatoms. The van der Waals surface area contributed by atoms with E-state index in [9.17, 15) is 4.79 Å². The van der Waals surface area contributed by atoms with Gasteiger partial charge in [-0.05, 0) is 119 Å². The van der Waals surface area contributed by atoms with Crippen LogP contribution in [0.2, 0.25) is 5.02 Å². The maximum atomic E-state index is 12.9. The largest absolute Gasteiger partial charge is 0.456 e. The van der Waals surface area contributed by atoms with Gasteiger partial charge in [-0.1, -0.05) is 30.9 Å². The minimum Gasteiger partial charge on any atom is -0.456 e. The summed E-state index contributed by atoms with van der Waals surface area (Å²) in [6.45, 7) is 5.71. The number of anilines is 1. The van der Waals surface area contributed by atoms with Gasteiger partial charge < -0.3 is 10.1 Å². The normalized spacial score (nSPS) is 32.2. The Kier molecular flexibility index (Phi) is 6.01. The lowest BCUT2D eigenvalue weighted by Gasteiger charge is -2.57. The first-order valence-electron chi connectivity index (χ1n) is 13.0. The fraction of sp³-hybridized carbons (Fsp3) is 0.750. The quantitative estimate of drug-likeness (QED) is 0.458. The molecule has 1 N–H and O–H groups in total. The van der Waals surface area contributed by atoms with Crippen LogP contribution in [0.1, 0.15) is 107 Å². The van der Waals surface area contributed by atoms with Gasteiger partial charge in [0.1, 0.15) is 5.60 Å². The van der Waals surface area contributed by atoms with Gasteiger partial charge in [-0.15, -0.1) is 0 Å². The molecule has 0 spiro atoms. The van der Waals surface area contributed by atoms with Crippen LogP contribution in [0.4, 0.5) is 5.69 Å². The van der Waals surface area contributed by atoms with E-state index in [4.69, 9.17) is 16.3 Å². The lowest BCUT2D eigenvalue weighted by molar-refractivity contribution is -0.0521. The van der Waals surface area contributed by atoms with Crippen LogP contribution in [-0.4, -0.2) is 17.6 Å². The number of esters is 1. The van der Waals surface area contributed by atoms with Gasteiger partial charge in [0.25, 0.3) is 0 Å². The molecule has 0 heterocycles. The number of nitrogens with one attached hydrogen (secondary N) is 1. The Morgan fingerprint density at radius 3 is 2.19 bits per heavy atom. The highest BCUT2D eigenvalue weighted by molar-refractivity contribution is 6.33. The number of carbonyl (C=O) groups excluding carboxylic acids is 1. The fourth-order valence-corrected chi connectivity index (χ4v) is 8.03. The van der Waals surface area contributed by atoms with Crippen molar-refractivity contribution in [1.82, 2.24) is 0 Å². The maximum Gasteiger partial charge on any atom is 0.340 e. The Bertz CT molecular complexity index is 830. The van der Waals surface area contributed by atoms with E-state index >= 15 is 0 Å². The van der Waals surface area contributed by atoms with Crippen LogP contribution in [0.5, 0.6) is 0 Å². The van der Waals surface area contributed by atoms with Crippen molar-refractivity contribution in [2.45, 2.75) is 109 Å². The van der Waals surface area contributed by atoms with Crippen molar-refractivity contribution in [2.24, 2.45) is 23.2 Å². The molecular formula is C28H40ClNO2. The number of hydrogen-bond donors (Lipinski definition) is 1. The molecule has 6 rings (SSSR count). The number of halogens is 1. The first-order chi connectivity index (χ1) is 15.2. The molecule has 0 aliphatic heterocycles. The van der Waals surface area contributed by atoms with E-state index in [0.29, 0.717) is 22.0 Å². The van der Waals surface area contributed by atoms with Crippen LogP contribution in [0.3, 0.4) is 0 Å². The van der Waals surface area contributed by atoms with E-state index in [1.165, 1.54) is 76.2 Å². The summed E-state index contributed by atoms with van der Waals surface area (Å²) in [5.74, 6) is 2.49. The van der Waals surface area contributed by atoms with Crippen molar-refractivity contribution in [3.05, 3.63) is 28.3 Å². The molecule has 1 aromatic rings. The van der Waals surface area contributed by atoms with Crippen molar-refractivity contribution in [2.75, 3.05) is 5.32 Å². The molecule has 1 aromatic carbocycles. The summed E-state index contributed by atoms with van der Waals surface area (Å²) in [5.41, 5.74) is 2.84. The van der Waals surface area contributed by atoms with E-state index in [1.807, 2.05) is 26.8 Å². The van der Waals surface area contributed by atoms with Crippen molar-refractivity contribution < 1.29 is 9.53 Å². The second kappa shape index (κ2) is 8.53. The molecule has 3 nitrogen and oxygen atoms in total. The SMILES string of the molecule is CC(C)(C)OC(=O)c1cc(NC2CCCCC2)c(CC23CC4CC(CC(C4)C2)C3)cc1Cl. The van der Waals surface area contributed by atoms with Crippen molar-refractivity contribution >= 4 is 23.3 Å². The Morgan fingerprint density at radius 2 is 1.62 bits per heavy atom. The number of rotatable bonds is 5. The molecule has 0 amide bonds. The van der Waals surface area contributed by atoms with Crippen LogP contribution < -0.4 is 5.32 Å². The Balaban J connectivity index is 1.45. The van der Waals surface area contributed by atoms with Gasteiger partial charge in [0.2, 0.25) is 0 Å². The molecular weight excluding hydrogens is 418 g/mol. The summed E-state index contributed by atoms with van der Waals surface area (Å²) in [4.78, 5) is 12.9. The van der Waals surface area contributed by atoms with Crippen LogP contribution in [0.25, 0.3) is 0 Å². The van der Waals surface area contributed by atoms with Crippen LogP contribution >= 0.6 is 11.6 Å². The molecule has 32 heavy (non-hydrogen) atoms. The molecule has 5 aliphatic rings. The monoisotopic (exact) mass is 457 g/mol. The molecule has 0 saturated heterocycles. The summed E-state index contributed by atoms with van der Waals surface area (Å²) >= 11 is 6.73. The Morgan fingerprint density at radius 1 is 1.03 bits per heavy atom. The topological polar surface area (TPSA) is 38.3 Å². The van der Waals surface area contributed by atoms with E-state index in [-0.39, 0.29) is 5.97 Å². The molecule has 0 atom stereocenters. The summed E-state index contributed by atoms with van der Waals surface area (Å²) in [6.07, 6.45) is 16.0. The molecule has 0 radical (unpaired) electrons. The minimum absolute atomic E-state index is 0.324. The number of hydrogen-bond acceptors (Lipinski definition) is 3. The number of carbonyl (C=O) groups is 1. The molecule has 5 aliphatic carbocycles. The second-order valence-electron chi connectivity index (χ2n) is 12.6. The molecule has 0 unspecified atom stereocenters. The summed E-state index contributed by atoms with van der Waals surface area (Å²) in [7, 11) is 0. The third-order valence-corrected chi connectivity index (χ3v) is 8.82. The fourth-order valence-electron chi connectivity index (χ4n) is 7.76. The zero-order chi connectivity index (χ0) is 22.5. The predicted octanol–water partition coefficient (Wildman–Crippen LogP) is 7.80. The minimum atomic E-state index is -0.532. The second-order valence-corrected chi connectivity index (χ2v) is 13.0.